The number of halogens is 1. The lowest BCUT2D eigenvalue weighted by atomic mass is 10.2. The van der Waals surface area contributed by atoms with E-state index in [1.165, 1.54) is 9.13 Å². The van der Waals surface area contributed by atoms with Crippen molar-refractivity contribution in [2.75, 3.05) is 6.61 Å². The molecule has 0 aliphatic rings. The maximum atomic E-state index is 12.3. The molecule has 140 valence electrons. The molecule has 27 heavy (non-hydrogen) atoms. The van der Waals surface area contributed by atoms with E-state index < -0.39 is 18.5 Å². The number of rotatable bonds is 6. The smallest absolute Gasteiger partial charge is 0.329 e. The molecule has 1 N–H and O–H groups in total. The Kier molecular flexibility index (Phi) is 5.61. The number of fused-ring (bicyclic) bond motifs is 1. The first-order valence-electron chi connectivity index (χ1n) is 8.26. The van der Waals surface area contributed by atoms with Gasteiger partial charge < -0.3 is 10.1 Å². The zero-order valence-electron chi connectivity index (χ0n) is 14.6. The number of imidazole rings is 1. The van der Waals surface area contributed by atoms with Gasteiger partial charge in [-0.2, -0.15) is 0 Å². The van der Waals surface area contributed by atoms with Gasteiger partial charge in [0.1, 0.15) is 6.54 Å². The Morgan fingerprint density at radius 1 is 1.07 bits per heavy atom. The van der Waals surface area contributed by atoms with E-state index in [1.807, 2.05) is 6.07 Å². The quantitative estimate of drug-likeness (QED) is 0.654. The van der Waals surface area contributed by atoms with Gasteiger partial charge in [0, 0.05) is 18.6 Å². The average molecular weight is 388 g/mol. The van der Waals surface area contributed by atoms with Crippen molar-refractivity contribution in [2.24, 2.45) is 7.05 Å². The van der Waals surface area contributed by atoms with Gasteiger partial charge in [0.2, 0.25) is 0 Å². The second-order valence-electron chi connectivity index (χ2n) is 5.98. The summed E-state index contributed by atoms with van der Waals surface area (Å²) >= 11 is 5.80. The summed E-state index contributed by atoms with van der Waals surface area (Å²) in [6, 6.07) is 14.2. The van der Waals surface area contributed by atoms with Crippen molar-refractivity contribution in [1.29, 1.82) is 0 Å². The molecule has 1 heterocycles. The lowest BCUT2D eigenvalue weighted by Crippen LogP contribution is -2.31. The van der Waals surface area contributed by atoms with Crippen LogP contribution < -0.4 is 11.0 Å². The number of benzene rings is 2. The predicted molar refractivity (Wildman–Crippen MR) is 101 cm³/mol. The lowest BCUT2D eigenvalue weighted by molar-refractivity contribution is -0.149. The van der Waals surface area contributed by atoms with Gasteiger partial charge in [0.15, 0.2) is 6.61 Å². The van der Waals surface area contributed by atoms with Crippen molar-refractivity contribution in [1.82, 2.24) is 14.5 Å². The van der Waals surface area contributed by atoms with Crippen LogP contribution in [0.25, 0.3) is 11.0 Å². The minimum absolute atomic E-state index is 0.259. The highest BCUT2D eigenvalue weighted by Crippen LogP contribution is 2.11. The molecule has 7 nitrogen and oxygen atoms in total. The summed E-state index contributed by atoms with van der Waals surface area (Å²) < 4.78 is 7.77. The molecule has 0 aliphatic heterocycles. The molecule has 0 atom stereocenters. The minimum atomic E-state index is -0.657. The number of hydrogen-bond donors (Lipinski definition) is 1. The largest absolute Gasteiger partial charge is 0.454 e. The molecule has 2 aromatic carbocycles. The monoisotopic (exact) mass is 387 g/mol. The van der Waals surface area contributed by atoms with Crippen molar-refractivity contribution in [3.63, 3.8) is 0 Å². The fourth-order valence-corrected chi connectivity index (χ4v) is 2.82. The second-order valence-corrected chi connectivity index (χ2v) is 6.42. The maximum absolute atomic E-state index is 12.3. The standard InChI is InChI=1S/C19H18ClN3O4/c1-22-15-4-2-3-5-16(15)23(19(22)26)11-18(25)27-12-17(24)21-10-13-6-8-14(20)9-7-13/h2-9H,10-12H2,1H3,(H,21,24). The van der Waals surface area contributed by atoms with Gasteiger partial charge in [0.05, 0.1) is 11.0 Å². The number of nitrogens with one attached hydrogen (secondary N) is 1. The molecule has 8 heteroatoms. The Bertz CT molecular complexity index is 1040. The molecule has 3 aromatic rings. The molecule has 0 radical (unpaired) electrons. The van der Waals surface area contributed by atoms with Crippen LogP contribution in [0.1, 0.15) is 5.56 Å². The van der Waals surface area contributed by atoms with E-state index in [0.29, 0.717) is 17.1 Å². The van der Waals surface area contributed by atoms with Crippen molar-refractivity contribution in [3.05, 3.63) is 69.6 Å². The number of nitrogens with zero attached hydrogens (tertiary/aromatic N) is 2. The van der Waals surface area contributed by atoms with Crippen molar-refractivity contribution in [3.8, 4) is 0 Å². The number of aromatic nitrogens is 2. The third-order valence-electron chi connectivity index (χ3n) is 4.11. The molecule has 0 fully saturated rings. The number of carbonyl (C=O) groups excluding carboxylic acids is 2. The highest BCUT2D eigenvalue weighted by molar-refractivity contribution is 6.30. The third-order valence-corrected chi connectivity index (χ3v) is 4.36. The predicted octanol–water partition coefficient (Wildman–Crippen LogP) is 1.85. The number of ether oxygens (including phenoxy) is 1. The number of hydrogen-bond acceptors (Lipinski definition) is 4. The van der Waals surface area contributed by atoms with E-state index in [-0.39, 0.29) is 12.2 Å². The Morgan fingerprint density at radius 3 is 2.44 bits per heavy atom. The fraction of sp³-hybridized carbons (Fsp3) is 0.211. The zero-order chi connectivity index (χ0) is 19.4. The zero-order valence-corrected chi connectivity index (χ0v) is 15.4. The van der Waals surface area contributed by atoms with Gasteiger partial charge in [-0.3, -0.25) is 18.7 Å². The van der Waals surface area contributed by atoms with Crippen molar-refractivity contribution >= 4 is 34.5 Å². The Labute approximate surface area is 160 Å². The Morgan fingerprint density at radius 2 is 1.74 bits per heavy atom. The first-order chi connectivity index (χ1) is 13.0. The van der Waals surface area contributed by atoms with E-state index in [1.54, 1.807) is 49.5 Å². The SMILES string of the molecule is Cn1c(=O)n(CC(=O)OCC(=O)NCc2ccc(Cl)cc2)c2ccccc21. The van der Waals surface area contributed by atoms with Gasteiger partial charge in [-0.05, 0) is 29.8 Å². The van der Waals surface area contributed by atoms with Crippen molar-refractivity contribution in [2.45, 2.75) is 13.1 Å². The van der Waals surface area contributed by atoms with E-state index >= 15 is 0 Å². The summed E-state index contributed by atoms with van der Waals surface area (Å²) in [4.78, 5) is 36.2. The second kappa shape index (κ2) is 8.09. The van der Waals surface area contributed by atoms with Gasteiger partial charge in [-0.1, -0.05) is 35.9 Å². The molecule has 3 rings (SSSR count). The summed E-state index contributed by atoms with van der Waals surface area (Å²) in [5.41, 5.74) is 1.91. The van der Waals surface area contributed by atoms with Gasteiger partial charge in [0.25, 0.3) is 5.91 Å². The third kappa shape index (κ3) is 4.38. The lowest BCUT2D eigenvalue weighted by Gasteiger charge is -2.07. The number of carbonyl (C=O) groups is 2. The topological polar surface area (TPSA) is 82.3 Å². The number of para-hydroxylation sites is 2. The van der Waals surface area contributed by atoms with Crippen LogP contribution in [0.3, 0.4) is 0 Å². The molecule has 0 spiro atoms. The molecule has 0 aliphatic carbocycles. The van der Waals surface area contributed by atoms with Gasteiger partial charge in [-0.25, -0.2) is 4.79 Å². The summed E-state index contributed by atoms with van der Waals surface area (Å²) in [5.74, 6) is -1.08. The molecule has 1 aromatic heterocycles. The summed E-state index contributed by atoms with van der Waals surface area (Å²) in [5, 5.41) is 3.26. The van der Waals surface area contributed by atoms with Gasteiger partial charge >= 0.3 is 11.7 Å². The Balaban J connectivity index is 1.54. The molecule has 0 unspecified atom stereocenters. The summed E-state index contributed by atoms with van der Waals surface area (Å²) in [7, 11) is 1.64. The average Bonchev–Trinajstić information content (AvgIpc) is 2.91. The van der Waals surface area contributed by atoms with Crippen LogP contribution >= 0.6 is 11.6 Å². The van der Waals surface area contributed by atoms with Crippen LogP contribution in [0, 0.1) is 0 Å². The van der Waals surface area contributed by atoms with Crippen molar-refractivity contribution < 1.29 is 14.3 Å². The normalized spacial score (nSPS) is 10.7. The van der Waals surface area contributed by atoms with Crippen LogP contribution in [0.4, 0.5) is 0 Å². The van der Waals surface area contributed by atoms with E-state index in [4.69, 9.17) is 16.3 Å². The maximum Gasteiger partial charge on any atom is 0.329 e. The minimum Gasteiger partial charge on any atom is -0.454 e. The summed E-state index contributed by atoms with van der Waals surface area (Å²) in [6.07, 6.45) is 0. The van der Waals surface area contributed by atoms with Crippen LogP contribution in [-0.2, 0) is 34.5 Å². The molecular weight excluding hydrogens is 370 g/mol. The first kappa shape index (κ1) is 18.7. The van der Waals surface area contributed by atoms with Gasteiger partial charge in [-0.15, -0.1) is 0 Å². The van der Waals surface area contributed by atoms with E-state index in [9.17, 15) is 14.4 Å². The molecule has 0 saturated heterocycles. The van der Waals surface area contributed by atoms with Crippen LogP contribution in [0.2, 0.25) is 5.02 Å². The van der Waals surface area contributed by atoms with Crippen LogP contribution in [0.5, 0.6) is 0 Å². The fourth-order valence-electron chi connectivity index (χ4n) is 2.69. The highest BCUT2D eigenvalue weighted by atomic mass is 35.5. The Hall–Kier alpha value is -3.06. The summed E-state index contributed by atoms with van der Waals surface area (Å²) in [6.45, 7) is -0.368. The number of esters is 1. The first-order valence-corrected chi connectivity index (χ1v) is 8.64. The van der Waals surface area contributed by atoms with E-state index in [2.05, 4.69) is 5.32 Å². The molecule has 1 amide bonds. The van der Waals surface area contributed by atoms with Crippen LogP contribution in [-0.4, -0.2) is 27.6 Å². The highest BCUT2D eigenvalue weighted by Gasteiger charge is 2.15. The van der Waals surface area contributed by atoms with Crippen LogP contribution in [0.15, 0.2) is 53.3 Å². The molecular formula is C19H18ClN3O4. The number of amides is 1. The molecule has 0 bridgehead atoms. The van der Waals surface area contributed by atoms with E-state index in [0.717, 1.165) is 11.1 Å². The molecule has 0 saturated carbocycles. The number of aryl methyl sites for hydroxylation is 1.